The SMILES string of the molecule is CCC[C@H]1CO[C@H](C2CCC(CCc3cc(F)c(COC)c(F)c3)CC2)OC1. The van der Waals surface area contributed by atoms with Crippen LogP contribution in [0.3, 0.4) is 0 Å². The van der Waals surface area contributed by atoms with Crippen molar-refractivity contribution in [1.82, 2.24) is 0 Å². The van der Waals surface area contributed by atoms with Gasteiger partial charge in [0.1, 0.15) is 11.6 Å². The molecular weight excluding hydrogens is 362 g/mol. The van der Waals surface area contributed by atoms with Crippen LogP contribution in [0.15, 0.2) is 12.1 Å². The van der Waals surface area contributed by atoms with E-state index in [9.17, 15) is 8.78 Å². The second-order valence-corrected chi connectivity index (χ2v) is 8.48. The van der Waals surface area contributed by atoms with Crippen LogP contribution in [-0.4, -0.2) is 26.6 Å². The van der Waals surface area contributed by atoms with Crippen LogP contribution in [0, 0.1) is 29.4 Å². The maximum absolute atomic E-state index is 14.0. The zero-order valence-corrected chi connectivity index (χ0v) is 17.2. The highest BCUT2D eigenvalue weighted by Gasteiger charge is 2.32. The molecule has 158 valence electrons. The fraction of sp³-hybridized carbons (Fsp3) is 0.739. The Morgan fingerprint density at radius 3 is 2.18 bits per heavy atom. The molecule has 1 saturated heterocycles. The zero-order valence-electron chi connectivity index (χ0n) is 17.2. The Morgan fingerprint density at radius 2 is 1.61 bits per heavy atom. The van der Waals surface area contributed by atoms with Gasteiger partial charge in [0.15, 0.2) is 6.29 Å². The standard InChI is InChI=1S/C23H34F2O3/c1-3-4-18-13-27-23(28-14-18)19-9-7-16(8-10-19)5-6-17-11-21(24)20(15-26-2)22(25)12-17/h11-12,16,18-19,23H,3-10,13-15H2,1-2H3/t16?,18-,19?,23-. The molecule has 1 heterocycles. The Hall–Kier alpha value is -1.04. The fourth-order valence-corrected chi connectivity index (χ4v) is 4.61. The summed E-state index contributed by atoms with van der Waals surface area (Å²) in [4.78, 5) is 0. The summed E-state index contributed by atoms with van der Waals surface area (Å²) < 4.78 is 44.9. The van der Waals surface area contributed by atoms with Crippen molar-refractivity contribution < 1.29 is 23.0 Å². The van der Waals surface area contributed by atoms with Crippen LogP contribution in [0.4, 0.5) is 8.78 Å². The van der Waals surface area contributed by atoms with Gasteiger partial charge in [-0.05, 0) is 68.6 Å². The number of hydrogen-bond donors (Lipinski definition) is 0. The maximum Gasteiger partial charge on any atom is 0.160 e. The normalized spacial score (nSPS) is 28.4. The summed E-state index contributed by atoms with van der Waals surface area (Å²) in [6, 6.07) is 2.92. The summed E-state index contributed by atoms with van der Waals surface area (Å²) in [6.45, 7) is 3.82. The predicted octanol–water partition coefficient (Wildman–Crippen LogP) is 5.64. The van der Waals surface area contributed by atoms with Crippen LogP contribution >= 0.6 is 0 Å². The predicted molar refractivity (Wildman–Crippen MR) is 105 cm³/mol. The van der Waals surface area contributed by atoms with Gasteiger partial charge in [0.2, 0.25) is 0 Å². The summed E-state index contributed by atoms with van der Waals surface area (Å²) >= 11 is 0. The number of ether oxygens (including phenoxy) is 3. The molecule has 28 heavy (non-hydrogen) atoms. The fourth-order valence-electron chi connectivity index (χ4n) is 4.61. The monoisotopic (exact) mass is 396 g/mol. The first kappa shape index (κ1) is 21.7. The van der Waals surface area contributed by atoms with Crippen molar-refractivity contribution in [2.75, 3.05) is 20.3 Å². The van der Waals surface area contributed by atoms with E-state index in [4.69, 9.17) is 14.2 Å². The van der Waals surface area contributed by atoms with E-state index < -0.39 is 11.6 Å². The van der Waals surface area contributed by atoms with Gasteiger partial charge in [0, 0.05) is 24.5 Å². The van der Waals surface area contributed by atoms with E-state index in [1.165, 1.54) is 32.1 Å². The van der Waals surface area contributed by atoms with Gasteiger partial charge in [-0.15, -0.1) is 0 Å². The lowest BCUT2D eigenvalue weighted by molar-refractivity contribution is -0.230. The molecule has 3 nitrogen and oxygen atoms in total. The molecule has 1 aromatic carbocycles. The molecule has 3 rings (SSSR count). The number of methoxy groups -OCH3 is 1. The molecular formula is C23H34F2O3. The molecule has 0 radical (unpaired) electrons. The van der Waals surface area contributed by atoms with E-state index in [-0.39, 0.29) is 18.5 Å². The molecule has 0 N–H and O–H groups in total. The van der Waals surface area contributed by atoms with E-state index in [1.807, 2.05) is 0 Å². The second kappa shape index (κ2) is 10.7. The van der Waals surface area contributed by atoms with Crippen LogP contribution in [0.5, 0.6) is 0 Å². The Morgan fingerprint density at radius 1 is 0.964 bits per heavy atom. The molecule has 0 aromatic heterocycles. The van der Waals surface area contributed by atoms with Gasteiger partial charge in [0.25, 0.3) is 0 Å². The third kappa shape index (κ3) is 5.74. The van der Waals surface area contributed by atoms with Crippen LogP contribution in [0.1, 0.15) is 63.0 Å². The van der Waals surface area contributed by atoms with E-state index in [1.54, 1.807) is 0 Å². The van der Waals surface area contributed by atoms with Crippen molar-refractivity contribution in [3.05, 3.63) is 34.9 Å². The van der Waals surface area contributed by atoms with Gasteiger partial charge in [-0.25, -0.2) is 8.78 Å². The van der Waals surface area contributed by atoms with Crippen molar-refractivity contribution in [2.24, 2.45) is 17.8 Å². The highest BCUT2D eigenvalue weighted by Crippen LogP contribution is 2.36. The Labute approximate surface area is 167 Å². The summed E-state index contributed by atoms with van der Waals surface area (Å²) in [5.41, 5.74) is 0.748. The van der Waals surface area contributed by atoms with E-state index in [2.05, 4.69) is 6.92 Å². The van der Waals surface area contributed by atoms with Crippen molar-refractivity contribution >= 4 is 0 Å². The third-order valence-electron chi connectivity index (χ3n) is 6.30. The first-order chi connectivity index (χ1) is 13.6. The van der Waals surface area contributed by atoms with Crippen molar-refractivity contribution in [2.45, 2.75) is 71.2 Å². The molecule has 2 aliphatic rings. The molecule has 1 aliphatic carbocycles. The molecule has 0 atom stereocenters. The van der Waals surface area contributed by atoms with Gasteiger partial charge < -0.3 is 14.2 Å². The summed E-state index contributed by atoms with van der Waals surface area (Å²) in [5.74, 6) is 0.634. The average Bonchev–Trinajstić information content (AvgIpc) is 2.70. The minimum Gasteiger partial charge on any atom is -0.380 e. The van der Waals surface area contributed by atoms with Crippen LogP contribution in [-0.2, 0) is 27.2 Å². The number of rotatable bonds is 8. The lowest BCUT2D eigenvalue weighted by Crippen LogP contribution is -2.38. The summed E-state index contributed by atoms with van der Waals surface area (Å²) in [5, 5.41) is 0. The van der Waals surface area contributed by atoms with E-state index in [0.29, 0.717) is 24.2 Å². The number of benzene rings is 1. The summed E-state index contributed by atoms with van der Waals surface area (Å²) in [7, 11) is 1.44. The average molecular weight is 397 g/mol. The van der Waals surface area contributed by atoms with Gasteiger partial charge in [0.05, 0.1) is 19.8 Å². The lowest BCUT2D eigenvalue weighted by atomic mass is 9.79. The number of aryl methyl sites for hydroxylation is 1. The van der Waals surface area contributed by atoms with E-state index >= 15 is 0 Å². The third-order valence-corrected chi connectivity index (χ3v) is 6.30. The molecule has 0 amide bonds. The highest BCUT2D eigenvalue weighted by molar-refractivity contribution is 5.26. The molecule has 2 fully saturated rings. The largest absolute Gasteiger partial charge is 0.380 e. The Kier molecular flexibility index (Phi) is 8.24. The quantitative estimate of drug-likeness (QED) is 0.569. The van der Waals surface area contributed by atoms with Crippen LogP contribution in [0.25, 0.3) is 0 Å². The number of hydrogen-bond acceptors (Lipinski definition) is 3. The summed E-state index contributed by atoms with van der Waals surface area (Å²) in [6.07, 6.45) is 8.50. The molecule has 0 bridgehead atoms. The molecule has 1 saturated carbocycles. The molecule has 5 heteroatoms. The molecule has 1 aromatic rings. The van der Waals surface area contributed by atoms with E-state index in [0.717, 1.165) is 50.9 Å². The van der Waals surface area contributed by atoms with Gasteiger partial charge in [-0.3, -0.25) is 0 Å². The number of halogens is 2. The first-order valence-corrected chi connectivity index (χ1v) is 10.8. The van der Waals surface area contributed by atoms with Gasteiger partial charge >= 0.3 is 0 Å². The second-order valence-electron chi connectivity index (χ2n) is 8.48. The Balaban J connectivity index is 1.41. The van der Waals surface area contributed by atoms with Gasteiger partial charge in [-0.1, -0.05) is 13.3 Å². The minimum absolute atomic E-state index is 0.0143. The van der Waals surface area contributed by atoms with Crippen LogP contribution in [0.2, 0.25) is 0 Å². The lowest BCUT2D eigenvalue weighted by Gasteiger charge is -2.37. The van der Waals surface area contributed by atoms with Crippen molar-refractivity contribution in [3.8, 4) is 0 Å². The van der Waals surface area contributed by atoms with Gasteiger partial charge in [-0.2, -0.15) is 0 Å². The molecule has 0 unspecified atom stereocenters. The topological polar surface area (TPSA) is 27.7 Å². The highest BCUT2D eigenvalue weighted by atomic mass is 19.1. The molecule has 0 spiro atoms. The Bertz CT molecular complexity index is 583. The van der Waals surface area contributed by atoms with Crippen molar-refractivity contribution in [3.63, 3.8) is 0 Å². The zero-order chi connectivity index (χ0) is 19.9. The maximum atomic E-state index is 14.0. The van der Waals surface area contributed by atoms with Crippen molar-refractivity contribution in [1.29, 1.82) is 0 Å². The minimum atomic E-state index is -0.506. The molecule has 1 aliphatic heterocycles. The van der Waals surface area contributed by atoms with Crippen LogP contribution < -0.4 is 0 Å². The first-order valence-electron chi connectivity index (χ1n) is 10.8. The smallest absolute Gasteiger partial charge is 0.160 e.